The van der Waals surface area contributed by atoms with Gasteiger partial charge in [-0.15, -0.1) is 12.3 Å². The molecule has 17 heavy (non-hydrogen) atoms. The number of rotatable bonds is 6. The molecule has 0 fully saturated rings. The predicted octanol–water partition coefficient (Wildman–Crippen LogP) is 2.76. The largest absolute Gasteiger partial charge is 0.307 e. The molecule has 0 saturated heterocycles. The van der Waals surface area contributed by atoms with Gasteiger partial charge in [-0.05, 0) is 20.3 Å². The Morgan fingerprint density at radius 1 is 1.53 bits per heavy atom. The molecule has 1 N–H and O–H groups in total. The maximum atomic E-state index is 6.23. The van der Waals surface area contributed by atoms with Gasteiger partial charge in [0.05, 0.1) is 16.4 Å². The summed E-state index contributed by atoms with van der Waals surface area (Å²) in [6.07, 6.45) is 7.09. The topological polar surface area (TPSA) is 29.9 Å². The van der Waals surface area contributed by atoms with Crippen molar-refractivity contribution in [2.75, 3.05) is 0 Å². The van der Waals surface area contributed by atoms with Gasteiger partial charge in [0.15, 0.2) is 0 Å². The van der Waals surface area contributed by atoms with Gasteiger partial charge in [0.25, 0.3) is 0 Å². The highest BCUT2D eigenvalue weighted by molar-refractivity contribution is 6.31. The van der Waals surface area contributed by atoms with Gasteiger partial charge in [-0.3, -0.25) is 4.68 Å². The van der Waals surface area contributed by atoms with E-state index in [1.165, 1.54) is 0 Å². The third kappa shape index (κ3) is 3.49. The summed E-state index contributed by atoms with van der Waals surface area (Å²) >= 11 is 6.23. The minimum Gasteiger partial charge on any atom is -0.307 e. The quantitative estimate of drug-likeness (QED) is 0.790. The van der Waals surface area contributed by atoms with Crippen molar-refractivity contribution in [2.45, 2.75) is 52.7 Å². The van der Waals surface area contributed by atoms with E-state index in [0.29, 0.717) is 12.6 Å². The highest BCUT2D eigenvalue weighted by Crippen LogP contribution is 2.20. The van der Waals surface area contributed by atoms with E-state index in [1.807, 2.05) is 11.6 Å². The molecule has 3 nitrogen and oxygen atoms in total. The second-order valence-corrected chi connectivity index (χ2v) is 4.43. The van der Waals surface area contributed by atoms with E-state index < -0.39 is 0 Å². The van der Waals surface area contributed by atoms with Gasteiger partial charge in [-0.25, -0.2) is 0 Å². The normalized spacial score (nSPS) is 12.4. The second kappa shape index (κ2) is 6.68. The molecule has 1 rings (SSSR count). The van der Waals surface area contributed by atoms with Gasteiger partial charge < -0.3 is 5.32 Å². The van der Waals surface area contributed by atoms with E-state index in [4.69, 9.17) is 18.0 Å². The van der Waals surface area contributed by atoms with Crippen LogP contribution in [-0.2, 0) is 13.1 Å². The summed E-state index contributed by atoms with van der Waals surface area (Å²) in [6, 6.07) is 0.344. The van der Waals surface area contributed by atoms with E-state index in [1.54, 1.807) is 0 Å². The monoisotopic (exact) mass is 253 g/mol. The molecule has 94 valence electrons. The highest BCUT2D eigenvalue weighted by Gasteiger charge is 2.13. The number of nitrogens with zero attached hydrogens (tertiary/aromatic N) is 2. The maximum Gasteiger partial charge on any atom is 0.0860 e. The molecule has 0 aromatic carbocycles. The summed E-state index contributed by atoms with van der Waals surface area (Å²) in [5.74, 6) is 2.69. The zero-order valence-corrected chi connectivity index (χ0v) is 11.5. The number of aromatic nitrogens is 2. The maximum absolute atomic E-state index is 6.23. The number of nitrogens with one attached hydrogen (secondary N) is 1. The Morgan fingerprint density at radius 3 is 2.76 bits per heavy atom. The van der Waals surface area contributed by atoms with Crippen LogP contribution in [0.5, 0.6) is 0 Å². The molecule has 0 amide bonds. The number of aryl methyl sites for hydroxylation is 2. The number of hydrogen-bond acceptors (Lipinski definition) is 2. The van der Waals surface area contributed by atoms with Crippen LogP contribution in [0.2, 0.25) is 5.02 Å². The Labute approximate surface area is 109 Å². The van der Waals surface area contributed by atoms with Crippen molar-refractivity contribution >= 4 is 11.6 Å². The molecule has 1 aromatic heterocycles. The third-order valence-corrected chi connectivity index (χ3v) is 3.36. The highest BCUT2D eigenvalue weighted by atomic mass is 35.5. The summed E-state index contributed by atoms with van der Waals surface area (Å²) in [5.41, 5.74) is 1.93. The van der Waals surface area contributed by atoms with Gasteiger partial charge in [0.1, 0.15) is 0 Å². The van der Waals surface area contributed by atoms with Crippen LogP contribution in [0, 0.1) is 19.3 Å². The van der Waals surface area contributed by atoms with Crippen molar-refractivity contribution in [2.24, 2.45) is 0 Å². The first kappa shape index (κ1) is 14.1. The van der Waals surface area contributed by atoms with Gasteiger partial charge in [-0.2, -0.15) is 5.10 Å². The minimum atomic E-state index is 0.344. The molecule has 0 spiro atoms. The van der Waals surface area contributed by atoms with Crippen LogP contribution in [0.4, 0.5) is 0 Å². The lowest BCUT2D eigenvalue weighted by Crippen LogP contribution is -2.28. The van der Waals surface area contributed by atoms with Crippen LogP contribution in [0.15, 0.2) is 0 Å². The van der Waals surface area contributed by atoms with E-state index >= 15 is 0 Å². The van der Waals surface area contributed by atoms with E-state index in [2.05, 4.69) is 30.2 Å². The molecule has 1 unspecified atom stereocenters. The van der Waals surface area contributed by atoms with Gasteiger partial charge >= 0.3 is 0 Å². The first-order chi connectivity index (χ1) is 8.13. The zero-order valence-electron chi connectivity index (χ0n) is 10.8. The Morgan fingerprint density at radius 2 is 2.24 bits per heavy atom. The van der Waals surface area contributed by atoms with Crippen molar-refractivity contribution in [3.63, 3.8) is 0 Å². The SMILES string of the molecule is C#CCC(CC)NCc1c(Cl)c(C)nn1CC. The molecule has 0 aliphatic rings. The first-order valence-corrected chi connectivity index (χ1v) is 6.40. The fourth-order valence-electron chi connectivity index (χ4n) is 1.78. The van der Waals surface area contributed by atoms with E-state index in [0.717, 1.165) is 35.8 Å². The van der Waals surface area contributed by atoms with Gasteiger partial charge in [0, 0.05) is 25.6 Å². The van der Waals surface area contributed by atoms with Crippen LogP contribution in [0.3, 0.4) is 0 Å². The van der Waals surface area contributed by atoms with Crippen LogP contribution in [0.25, 0.3) is 0 Å². The lowest BCUT2D eigenvalue weighted by Gasteiger charge is -2.14. The molecule has 0 bridgehead atoms. The summed E-state index contributed by atoms with van der Waals surface area (Å²) in [5, 5.41) is 8.57. The predicted molar refractivity (Wildman–Crippen MR) is 72.0 cm³/mol. The Hall–Kier alpha value is -0.980. The Balaban J connectivity index is 2.71. The molecule has 0 radical (unpaired) electrons. The van der Waals surface area contributed by atoms with E-state index in [9.17, 15) is 0 Å². The Kier molecular flexibility index (Phi) is 5.54. The zero-order chi connectivity index (χ0) is 12.8. The van der Waals surface area contributed by atoms with Gasteiger partial charge in [0.2, 0.25) is 0 Å². The molecule has 0 aliphatic carbocycles. The van der Waals surface area contributed by atoms with E-state index in [-0.39, 0.29) is 0 Å². The molecule has 0 saturated carbocycles. The molecule has 1 aromatic rings. The molecule has 4 heteroatoms. The number of hydrogen-bond donors (Lipinski definition) is 1. The number of terminal acetylenes is 1. The van der Waals surface area contributed by atoms with Crippen LogP contribution < -0.4 is 5.32 Å². The standard InChI is InChI=1S/C13H20ClN3/c1-5-8-11(6-2)15-9-12-13(14)10(4)16-17(12)7-3/h1,11,15H,6-9H2,2-4H3. The average Bonchev–Trinajstić information content (AvgIpc) is 2.61. The molecule has 1 atom stereocenters. The fourth-order valence-corrected chi connectivity index (χ4v) is 1.98. The summed E-state index contributed by atoms with van der Waals surface area (Å²) in [6.45, 7) is 7.66. The lowest BCUT2D eigenvalue weighted by molar-refractivity contribution is 0.485. The van der Waals surface area contributed by atoms with Gasteiger partial charge in [-0.1, -0.05) is 18.5 Å². The molecule has 0 aliphatic heterocycles. The number of halogens is 1. The van der Waals surface area contributed by atoms with Crippen molar-refractivity contribution in [3.05, 3.63) is 16.4 Å². The smallest absolute Gasteiger partial charge is 0.0860 e. The minimum absolute atomic E-state index is 0.344. The van der Waals surface area contributed by atoms with Crippen molar-refractivity contribution in [1.29, 1.82) is 0 Å². The first-order valence-electron chi connectivity index (χ1n) is 6.02. The van der Waals surface area contributed by atoms with Crippen molar-refractivity contribution < 1.29 is 0 Å². The van der Waals surface area contributed by atoms with Crippen LogP contribution in [-0.4, -0.2) is 15.8 Å². The summed E-state index contributed by atoms with van der Waals surface area (Å²) in [7, 11) is 0. The Bertz CT molecular complexity index is 404. The van der Waals surface area contributed by atoms with Crippen LogP contribution >= 0.6 is 11.6 Å². The summed E-state index contributed by atoms with van der Waals surface area (Å²) < 4.78 is 1.94. The van der Waals surface area contributed by atoms with Crippen molar-refractivity contribution in [1.82, 2.24) is 15.1 Å². The third-order valence-electron chi connectivity index (χ3n) is 2.87. The lowest BCUT2D eigenvalue weighted by atomic mass is 10.1. The molecule has 1 heterocycles. The molecular formula is C13H20ClN3. The average molecular weight is 254 g/mol. The molecular weight excluding hydrogens is 234 g/mol. The fraction of sp³-hybridized carbons (Fsp3) is 0.615. The second-order valence-electron chi connectivity index (χ2n) is 4.06. The summed E-state index contributed by atoms with van der Waals surface area (Å²) in [4.78, 5) is 0. The van der Waals surface area contributed by atoms with Crippen molar-refractivity contribution in [3.8, 4) is 12.3 Å². The van der Waals surface area contributed by atoms with Crippen LogP contribution in [0.1, 0.15) is 38.1 Å².